The summed E-state index contributed by atoms with van der Waals surface area (Å²) in [7, 11) is 0. The molecule has 3 heterocycles. The molecule has 3 aromatic rings. The summed E-state index contributed by atoms with van der Waals surface area (Å²) in [5.41, 5.74) is 3.46. The lowest BCUT2D eigenvalue weighted by Crippen LogP contribution is -2.34. The third-order valence-corrected chi connectivity index (χ3v) is 5.11. The summed E-state index contributed by atoms with van der Waals surface area (Å²) in [4.78, 5) is 10.2. The number of hydrogen-bond donors (Lipinski definition) is 1. The number of nitrogens with zero attached hydrogens (tertiary/aromatic N) is 2. The SMILES string of the molecule is Fc1ccc2[nH]cc(C3CCN(CCc4ccccn4)CC3)c2c1. The van der Waals surface area contributed by atoms with E-state index in [4.69, 9.17) is 0 Å². The van der Waals surface area contributed by atoms with Gasteiger partial charge in [-0.2, -0.15) is 0 Å². The van der Waals surface area contributed by atoms with Gasteiger partial charge in [-0.05, 0) is 67.7 Å². The van der Waals surface area contributed by atoms with Crippen LogP contribution in [0.2, 0.25) is 0 Å². The summed E-state index contributed by atoms with van der Waals surface area (Å²) < 4.78 is 13.6. The Morgan fingerprint density at radius 2 is 2.04 bits per heavy atom. The first kappa shape index (κ1) is 15.3. The van der Waals surface area contributed by atoms with Crippen LogP contribution in [-0.4, -0.2) is 34.5 Å². The van der Waals surface area contributed by atoms with E-state index >= 15 is 0 Å². The molecule has 1 saturated heterocycles. The molecule has 1 aliphatic rings. The normalized spacial score (nSPS) is 16.7. The molecule has 0 saturated carbocycles. The minimum absolute atomic E-state index is 0.156. The number of fused-ring (bicyclic) bond motifs is 1. The van der Waals surface area contributed by atoms with Crippen LogP contribution in [0.4, 0.5) is 4.39 Å². The number of benzene rings is 1. The Bertz CT molecular complexity index is 804. The van der Waals surface area contributed by atoms with E-state index in [1.54, 1.807) is 6.07 Å². The van der Waals surface area contributed by atoms with Gasteiger partial charge >= 0.3 is 0 Å². The van der Waals surface area contributed by atoms with Crippen LogP contribution in [0.15, 0.2) is 48.8 Å². The molecule has 4 rings (SSSR count). The van der Waals surface area contributed by atoms with Crippen molar-refractivity contribution in [2.75, 3.05) is 19.6 Å². The van der Waals surface area contributed by atoms with Gasteiger partial charge in [-0.15, -0.1) is 0 Å². The van der Waals surface area contributed by atoms with Crippen LogP contribution >= 0.6 is 0 Å². The molecule has 0 unspecified atom stereocenters. The summed E-state index contributed by atoms with van der Waals surface area (Å²) in [6.07, 6.45) is 7.19. The Morgan fingerprint density at radius 3 is 2.83 bits per heavy atom. The molecule has 0 spiro atoms. The van der Waals surface area contributed by atoms with Crippen molar-refractivity contribution in [2.45, 2.75) is 25.2 Å². The van der Waals surface area contributed by atoms with Crippen molar-refractivity contribution in [1.82, 2.24) is 14.9 Å². The number of halogens is 1. The van der Waals surface area contributed by atoms with Gasteiger partial charge in [0.25, 0.3) is 0 Å². The van der Waals surface area contributed by atoms with Crippen molar-refractivity contribution in [3.8, 4) is 0 Å². The van der Waals surface area contributed by atoms with E-state index in [0.29, 0.717) is 5.92 Å². The Kier molecular flexibility index (Phi) is 4.30. The Morgan fingerprint density at radius 1 is 1.17 bits per heavy atom. The van der Waals surface area contributed by atoms with Crippen molar-refractivity contribution < 1.29 is 4.39 Å². The molecule has 1 fully saturated rings. The second-order valence-corrected chi connectivity index (χ2v) is 6.62. The fourth-order valence-corrected chi connectivity index (χ4v) is 3.74. The molecule has 2 aromatic heterocycles. The molecule has 0 radical (unpaired) electrons. The van der Waals surface area contributed by atoms with Crippen molar-refractivity contribution in [2.24, 2.45) is 0 Å². The fraction of sp³-hybridized carbons (Fsp3) is 0.350. The van der Waals surface area contributed by atoms with Gasteiger partial charge in [0, 0.05) is 42.0 Å². The number of pyridine rings is 1. The lowest BCUT2D eigenvalue weighted by Gasteiger charge is -2.31. The van der Waals surface area contributed by atoms with Crippen molar-refractivity contribution >= 4 is 10.9 Å². The quantitative estimate of drug-likeness (QED) is 0.783. The lowest BCUT2D eigenvalue weighted by atomic mass is 9.89. The van der Waals surface area contributed by atoms with Gasteiger partial charge in [-0.1, -0.05) is 6.07 Å². The van der Waals surface area contributed by atoms with Crippen molar-refractivity contribution in [3.63, 3.8) is 0 Å². The first-order chi connectivity index (χ1) is 11.8. The van der Waals surface area contributed by atoms with E-state index in [-0.39, 0.29) is 5.82 Å². The first-order valence-electron chi connectivity index (χ1n) is 8.68. The molecule has 1 aromatic carbocycles. The van der Waals surface area contributed by atoms with E-state index in [1.807, 2.05) is 24.4 Å². The van der Waals surface area contributed by atoms with Gasteiger partial charge in [-0.3, -0.25) is 4.98 Å². The zero-order valence-electron chi connectivity index (χ0n) is 13.7. The molecule has 3 nitrogen and oxygen atoms in total. The molecule has 4 heteroatoms. The smallest absolute Gasteiger partial charge is 0.123 e. The highest BCUT2D eigenvalue weighted by atomic mass is 19.1. The van der Waals surface area contributed by atoms with Gasteiger partial charge in [-0.25, -0.2) is 4.39 Å². The van der Waals surface area contributed by atoms with Crippen LogP contribution in [0.1, 0.15) is 30.0 Å². The number of hydrogen-bond acceptors (Lipinski definition) is 2. The summed E-state index contributed by atoms with van der Waals surface area (Å²) in [5.74, 6) is 0.364. The minimum atomic E-state index is -0.156. The molecular weight excluding hydrogens is 301 g/mol. The number of piperidine rings is 1. The maximum atomic E-state index is 13.6. The van der Waals surface area contributed by atoms with E-state index in [1.165, 1.54) is 11.6 Å². The van der Waals surface area contributed by atoms with E-state index in [0.717, 1.165) is 55.5 Å². The maximum Gasteiger partial charge on any atom is 0.123 e. The third kappa shape index (κ3) is 3.20. The van der Waals surface area contributed by atoms with Crippen LogP contribution in [0.25, 0.3) is 10.9 Å². The van der Waals surface area contributed by atoms with Gasteiger partial charge in [0.2, 0.25) is 0 Å². The number of H-pyrrole nitrogens is 1. The number of nitrogens with one attached hydrogen (secondary N) is 1. The van der Waals surface area contributed by atoms with Crippen LogP contribution < -0.4 is 0 Å². The monoisotopic (exact) mass is 323 g/mol. The number of aromatic nitrogens is 2. The average Bonchev–Trinajstić information content (AvgIpc) is 3.04. The van der Waals surface area contributed by atoms with E-state index < -0.39 is 0 Å². The summed E-state index contributed by atoms with van der Waals surface area (Å²) in [6.45, 7) is 3.26. The lowest BCUT2D eigenvalue weighted by molar-refractivity contribution is 0.214. The fourth-order valence-electron chi connectivity index (χ4n) is 3.74. The highest BCUT2D eigenvalue weighted by molar-refractivity contribution is 5.83. The van der Waals surface area contributed by atoms with Crippen LogP contribution in [-0.2, 0) is 6.42 Å². The molecule has 24 heavy (non-hydrogen) atoms. The zero-order valence-corrected chi connectivity index (χ0v) is 13.7. The molecule has 0 amide bonds. The topological polar surface area (TPSA) is 31.9 Å². The number of likely N-dealkylation sites (tertiary alicyclic amines) is 1. The Labute approximate surface area is 141 Å². The van der Waals surface area contributed by atoms with Gasteiger partial charge < -0.3 is 9.88 Å². The summed E-state index contributed by atoms with van der Waals surface area (Å²) in [6, 6.07) is 11.1. The molecule has 1 aliphatic heterocycles. The first-order valence-corrected chi connectivity index (χ1v) is 8.68. The standard InChI is InChI=1S/C20H22FN3/c21-16-4-5-20-18(13-16)19(14-23-20)15-6-10-24(11-7-15)12-8-17-3-1-2-9-22-17/h1-5,9,13-15,23H,6-8,10-12H2. The maximum absolute atomic E-state index is 13.6. The predicted molar refractivity (Wildman–Crippen MR) is 94.6 cm³/mol. The average molecular weight is 323 g/mol. The Hall–Kier alpha value is -2.20. The van der Waals surface area contributed by atoms with E-state index in [9.17, 15) is 4.39 Å². The summed E-state index contributed by atoms with van der Waals surface area (Å²) in [5, 5.41) is 1.04. The zero-order chi connectivity index (χ0) is 16.4. The highest BCUT2D eigenvalue weighted by Gasteiger charge is 2.22. The van der Waals surface area contributed by atoms with Crippen LogP contribution in [0, 0.1) is 5.82 Å². The van der Waals surface area contributed by atoms with Crippen LogP contribution in [0.3, 0.4) is 0 Å². The van der Waals surface area contributed by atoms with Gasteiger partial charge in [0.05, 0.1) is 0 Å². The third-order valence-electron chi connectivity index (χ3n) is 5.11. The second-order valence-electron chi connectivity index (χ2n) is 6.62. The molecule has 0 atom stereocenters. The molecule has 124 valence electrons. The molecule has 0 bridgehead atoms. The molecule has 1 N–H and O–H groups in total. The van der Waals surface area contributed by atoms with Crippen LogP contribution in [0.5, 0.6) is 0 Å². The van der Waals surface area contributed by atoms with Crippen molar-refractivity contribution in [3.05, 3.63) is 65.9 Å². The Balaban J connectivity index is 1.38. The van der Waals surface area contributed by atoms with Gasteiger partial charge in [0.15, 0.2) is 0 Å². The van der Waals surface area contributed by atoms with Gasteiger partial charge in [0.1, 0.15) is 5.82 Å². The largest absolute Gasteiger partial charge is 0.361 e. The molecular formula is C20H22FN3. The van der Waals surface area contributed by atoms with E-state index in [2.05, 4.69) is 27.1 Å². The molecule has 0 aliphatic carbocycles. The highest BCUT2D eigenvalue weighted by Crippen LogP contribution is 2.33. The number of rotatable bonds is 4. The number of aromatic amines is 1. The predicted octanol–water partition coefficient (Wildman–Crippen LogP) is 4.12. The second kappa shape index (κ2) is 6.73. The van der Waals surface area contributed by atoms with Crippen molar-refractivity contribution in [1.29, 1.82) is 0 Å². The summed E-state index contributed by atoms with van der Waals surface area (Å²) >= 11 is 0. The minimum Gasteiger partial charge on any atom is -0.361 e.